The third-order valence-corrected chi connectivity index (χ3v) is 8.27. The van der Waals surface area contributed by atoms with Crippen molar-refractivity contribution in [3.63, 3.8) is 0 Å². The van der Waals surface area contributed by atoms with E-state index in [1.807, 2.05) is 36.4 Å². The zero-order valence-corrected chi connectivity index (χ0v) is 22.1. The summed E-state index contributed by atoms with van der Waals surface area (Å²) in [7, 11) is 1.39. The monoisotopic (exact) mass is 573 g/mol. The first-order valence-electron chi connectivity index (χ1n) is 11.7. The molecule has 0 spiro atoms. The molecule has 7 nitrogen and oxygen atoms in total. The van der Waals surface area contributed by atoms with E-state index in [1.54, 1.807) is 22.8 Å². The lowest BCUT2D eigenvalue weighted by Gasteiger charge is -2.30. The van der Waals surface area contributed by atoms with Crippen LogP contribution in [0.5, 0.6) is 5.75 Å². The summed E-state index contributed by atoms with van der Waals surface area (Å²) in [4.78, 5) is 30.5. The van der Waals surface area contributed by atoms with Crippen LogP contribution in [-0.2, 0) is 6.42 Å². The van der Waals surface area contributed by atoms with Gasteiger partial charge in [0, 0.05) is 16.1 Å². The van der Waals surface area contributed by atoms with E-state index >= 15 is 0 Å². The quantitative estimate of drug-likeness (QED) is 0.254. The molecule has 0 radical (unpaired) electrons. The van der Waals surface area contributed by atoms with Crippen LogP contribution in [0, 0.1) is 10.1 Å². The Morgan fingerprint density at radius 1 is 1.14 bits per heavy atom. The summed E-state index contributed by atoms with van der Waals surface area (Å²) < 4.78 is 8.31. The van der Waals surface area contributed by atoms with Gasteiger partial charge in [0.05, 0.1) is 28.3 Å². The number of nitrogens with zero attached hydrogens (tertiary/aromatic N) is 3. The van der Waals surface area contributed by atoms with Gasteiger partial charge in [0.15, 0.2) is 10.6 Å². The molecule has 2 aliphatic rings. The van der Waals surface area contributed by atoms with E-state index in [4.69, 9.17) is 9.73 Å². The van der Waals surface area contributed by atoms with E-state index in [0.717, 1.165) is 39.7 Å². The van der Waals surface area contributed by atoms with Gasteiger partial charge < -0.3 is 4.74 Å². The number of fused-ring (bicyclic) bond motifs is 3. The number of hydrogen-bond donors (Lipinski definition) is 0. The van der Waals surface area contributed by atoms with Crippen molar-refractivity contribution >= 4 is 44.7 Å². The summed E-state index contributed by atoms with van der Waals surface area (Å²) in [5.74, 6) is 0.171. The summed E-state index contributed by atoms with van der Waals surface area (Å²) in [5, 5.41) is 11.5. The molecule has 0 fully saturated rings. The highest BCUT2D eigenvalue weighted by molar-refractivity contribution is 9.10. The van der Waals surface area contributed by atoms with Gasteiger partial charge in [-0.25, -0.2) is 4.99 Å². The zero-order chi connectivity index (χ0) is 25.7. The maximum absolute atomic E-state index is 13.8. The second-order valence-electron chi connectivity index (χ2n) is 8.85. The van der Waals surface area contributed by atoms with Crippen molar-refractivity contribution in [2.75, 3.05) is 7.11 Å². The third kappa shape index (κ3) is 4.04. The minimum atomic E-state index is -0.489. The smallest absolute Gasteiger partial charge is 0.311 e. The van der Waals surface area contributed by atoms with Crippen LogP contribution in [0.2, 0.25) is 0 Å². The summed E-state index contributed by atoms with van der Waals surface area (Å²) >= 11 is 4.81. The van der Waals surface area contributed by atoms with Crippen molar-refractivity contribution < 1.29 is 9.66 Å². The highest BCUT2D eigenvalue weighted by Gasteiger charge is 2.32. The number of hydrogen-bond acceptors (Lipinski definition) is 6. The lowest BCUT2D eigenvalue weighted by molar-refractivity contribution is -0.385. The molecule has 0 saturated carbocycles. The lowest BCUT2D eigenvalue weighted by atomic mass is 9.83. The van der Waals surface area contributed by atoms with Gasteiger partial charge in [0.2, 0.25) is 0 Å². The number of halogens is 1. The molecule has 37 heavy (non-hydrogen) atoms. The highest BCUT2D eigenvalue weighted by Crippen LogP contribution is 2.41. The number of benzene rings is 3. The minimum absolute atomic E-state index is 0.149. The molecule has 0 bridgehead atoms. The van der Waals surface area contributed by atoms with E-state index in [9.17, 15) is 14.9 Å². The topological polar surface area (TPSA) is 86.7 Å². The fraction of sp³-hybridized carbons (Fsp3) is 0.143. The third-order valence-electron chi connectivity index (χ3n) is 6.76. The Balaban J connectivity index is 1.58. The molecular formula is C28H20BrN3O4S. The van der Waals surface area contributed by atoms with Crippen LogP contribution in [0.1, 0.15) is 34.7 Å². The Hall–Kier alpha value is -3.82. The molecule has 184 valence electrons. The van der Waals surface area contributed by atoms with Crippen LogP contribution in [-0.4, -0.2) is 16.6 Å². The van der Waals surface area contributed by atoms with Gasteiger partial charge in [0.25, 0.3) is 5.56 Å². The van der Waals surface area contributed by atoms with E-state index in [1.165, 1.54) is 30.1 Å². The van der Waals surface area contributed by atoms with Crippen molar-refractivity contribution in [3.05, 3.63) is 129 Å². The molecule has 0 N–H and O–H groups in total. The molecule has 0 unspecified atom stereocenters. The molecule has 1 aromatic heterocycles. The van der Waals surface area contributed by atoms with Crippen molar-refractivity contribution in [3.8, 4) is 5.75 Å². The van der Waals surface area contributed by atoms with Crippen LogP contribution >= 0.6 is 27.3 Å². The number of aromatic nitrogens is 1. The summed E-state index contributed by atoms with van der Waals surface area (Å²) in [6, 6.07) is 20.7. The summed E-state index contributed by atoms with van der Waals surface area (Å²) in [5.41, 5.74) is 5.66. The fourth-order valence-corrected chi connectivity index (χ4v) is 6.32. The second-order valence-corrected chi connectivity index (χ2v) is 10.8. The Morgan fingerprint density at radius 2 is 1.92 bits per heavy atom. The standard InChI is InChI=1S/C28H20BrN3O4S/c1-36-23-13-6-16(14-22(23)32(34)35)15-24-27(33)31-26(18-7-10-19(29)11-8-18)21-12-9-17-4-2-3-5-20(17)25(21)30-28(31)37-24/h2-8,10-11,13-15,26H,9,12H2,1H3/b24-15-/t26-/m1/s1. The van der Waals surface area contributed by atoms with Crippen LogP contribution in [0.4, 0.5) is 5.69 Å². The van der Waals surface area contributed by atoms with Gasteiger partial charge in [-0.15, -0.1) is 0 Å². The molecule has 4 aromatic rings. The molecular weight excluding hydrogens is 554 g/mol. The van der Waals surface area contributed by atoms with Crippen LogP contribution < -0.4 is 19.6 Å². The Bertz CT molecular complexity index is 1790. The number of thiazole rings is 1. The van der Waals surface area contributed by atoms with E-state index < -0.39 is 4.92 Å². The van der Waals surface area contributed by atoms with E-state index in [-0.39, 0.29) is 23.0 Å². The van der Waals surface area contributed by atoms with Crippen molar-refractivity contribution in [1.82, 2.24) is 4.57 Å². The number of aryl methyl sites for hydroxylation is 1. The first-order valence-corrected chi connectivity index (χ1v) is 13.3. The van der Waals surface area contributed by atoms with E-state index in [2.05, 4.69) is 28.1 Å². The predicted octanol–water partition coefficient (Wildman–Crippen LogP) is 5.00. The molecule has 1 atom stereocenters. The molecule has 0 saturated heterocycles. The lowest BCUT2D eigenvalue weighted by Crippen LogP contribution is -2.38. The average Bonchev–Trinajstić information content (AvgIpc) is 3.22. The van der Waals surface area contributed by atoms with Gasteiger partial charge in [-0.05, 0) is 59.4 Å². The molecule has 2 heterocycles. The van der Waals surface area contributed by atoms with Gasteiger partial charge >= 0.3 is 5.69 Å². The fourth-order valence-electron chi connectivity index (χ4n) is 5.06. The average molecular weight is 574 g/mol. The predicted molar refractivity (Wildman–Crippen MR) is 147 cm³/mol. The van der Waals surface area contributed by atoms with Gasteiger partial charge in [-0.3, -0.25) is 19.5 Å². The van der Waals surface area contributed by atoms with Crippen LogP contribution in [0.3, 0.4) is 0 Å². The molecule has 9 heteroatoms. The van der Waals surface area contributed by atoms with Crippen molar-refractivity contribution in [1.29, 1.82) is 0 Å². The SMILES string of the molecule is COc1ccc(/C=c2\sc3n(c2=O)[C@H](c2ccc(Br)cc2)C2=C(N=3)c3ccccc3CC2)cc1[N+](=O)[O-]. The van der Waals surface area contributed by atoms with Crippen LogP contribution in [0.15, 0.2) is 86.6 Å². The Labute approximate surface area is 224 Å². The van der Waals surface area contributed by atoms with Crippen LogP contribution in [0.25, 0.3) is 11.8 Å². The minimum Gasteiger partial charge on any atom is -0.490 e. The Morgan fingerprint density at radius 3 is 2.68 bits per heavy atom. The maximum atomic E-state index is 13.8. The molecule has 1 aliphatic carbocycles. The number of nitro benzene ring substituents is 1. The normalized spacial score (nSPS) is 16.5. The van der Waals surface area contributed by atoms with Crippen molar-refractivity contribution in [2.45, 2.75) is 18.9 Å². The number of rotatable bonds is 4. The maximum Gasteiger partial charge on any atom is 0.311 e. The zero-order valence-electron chi connectivity index (χ0n) is 19.7. The first kappa shape index (κ1) is 23.6. The molecule has 3 aromatic carbocycles. The number of allylic oxidation sites excluding steroid dienone is 1. The second kappa shape index (κ2) is 9.24. The van der Waals surface area contributed by atoms with Crippen molar-refractivity contribution in [2.24, 2.45) is 4.99 Å². The Kier molecular flexibility index (Phi) is 5.89. The van der Waals surface area contributed by atoms with E-state index in [0.29, 0.717) is 14.9 Å². The van der Waals surface area contributed by atoms with Gasteiger partial charge in [-0.1, -0.05) is 69.7 Å². The molecule has 1 aliphatic heterocycles. The number of methoxy groups -OCH3 is 1. The first-order chi connectivity index (χ1) is 17.9. The molecule has 0 amide bonds. The highest BCUT2D eigenvalue weighted by atomic mass is 79.9. The molecule has 6 rings (SSSR count). The number of ether oxygens (including phenoxy) is 1. The summed E-state index contributed by atoms with van der Waals surface area (Å²) in [6.45, 7) is 0. The van der Waals surface area contributed by atoms with Gasteiger partial charge in [0.1, 0.15) is 0 Å². The summed E-state index contributed by atoms with van der Waals surface area (Å²) in [6.07, 6.45) is 3.38. The largest absolute Gasteiger partial charge is 0.490 e. The number of nitro groups is 1. The van der Waals surface area contributed by atoms with Gasteiger partial charge in [-0.2, -0.15) is 0 Å².